The van der Waals surface area contributed by atoms with Gasteiger partial charge in [-0.15, -0.1) is 22.7 Å². The molecule has 4 aromatic carbocycles. The second-order valence-electron chi connectivity index (χ2n) is 9.81. The monoisotopic (exact) mass is 736 g/mol. The zero-order chi connectivity index (χ0) is 31.1. The lowest BCUT2D eigenvalue weighted by Gasteiger charge is -2.08. The fraction of sp³-hybridized carbons (Fsp3) is 0.0625. The van der Waals surface area contributed by atoms with E-state index >= 15 is 0 Å². The Morgan fingerprint density at radius 3 is 1.27 bits per heavy atom. The van der Waals surface area contributed by atoms with Crippen LogP contribution in [0.1, 0.15) is 30.5 Å². The smallest absolute Gasteiger partial charge is 0.267 e. The molecule has 2 N–H and O–H groups in total. The highest BCUT2D eigenvalue weighted by Gasteiger charge is 2.21. The molecule has 2 aromatic heterocycles. The van der Waals surface area contributed by atoms with Crippen molar-refractivity contribution in [3.8, 4) is 0 Å². The Kier molecular flexibility index (Phi) is 9.35. The average Bonchev–Trinajstić information content (AvgIpc) is 3.49. The second-order valence-corrected chi connectivity index (χ2v) is 14.4. The average molecular weight is 739 g/mol. The molecule has 2 heterocycles. The lowest BCUT2D eigenvalue weighted by Crippen LogP contribution is -2.10. The van der Waals surface area contributed by atoms with E-state index in [1.54, 1.807) is 24.3 Å². The molecular weight excluding hydrogens is 721 g/mol. The molecule has 4 nitrogen and oxygen atoms in total. The van der Waals surface area contributed by atoms with Crippen LogP contribution >= 0.6 is 92.3 Å². The van der Waals surface area contributed by atoms with Gasteiger partial charge in [-0.05, 0) is 72.5 Å². The number of fused-ring (bicyclic) bond motifs is 2. The SMILES string of the molecule is O=C(Nc1ccc(CCc2ccc(NC(=O)c3sc4cc(Cl)cc(Cl)c4c3Cl)cc2)cc1)c1sc2cc(Cl)cc(Cl)c2c1Cl. The molecule has 0 spiro atoms. The first-order chi connectivity index (χ1) is 21.1. The van der Waals surface area contributed by atoms with Crippen LogP contribution in [-0.2, 0) is 12.8 Å². The number of aryl methyl sites for hydroxylation is 2. The summed E-state index contributed by atoms with van der Waals surface area (Å²) < 4.78 is 1.50. The third-order valence-corrected chi connectivity index (χ3v) is 11.1. The number of halogens is 6. The number of amides is 2. The van der Waals surface area contributed by atoms with E-state index in [1.165, 1.54) is 22.7 Å². The van der Waals surface area contributed by atoms with Crippen molar-refractivity contribution in [1.29, 1.82) is 0 Å². The van der Waals surface area contributed by atoms with Crippen molar-refractivity contribution < 1.29 is 9.59 Å². The lowest BCUT2D eigenvalue weighted by atomic mass is 10.0. The molecule has 0 fully saturated rings. The molecule has 0 aliphatic heterocycles. The first kappa shape index (κ1) is 31.5. The Labute approximate surface area is 290 Å². The molecule has 2 amide bonds. The maximum absolute atomic E-state index is 13.0. The van der Waals surface area contributed by atoms with Crippen LogP contribution in [0, 0.1) is 0 Å². The molecule has 0 bridgehead atoms. The molecule has 6 aromatic rings. The first-order valence-corrected chi connectivity index (χ1v) is 16.9. The van der Waals surface area contributed by atoms with Gasteiger partial charge in [-0.3, -0.25) is 9.59 Å². The number of nitrogens with one attached hydrogen (secondary N) is 2. The highest BCUT2D eigenvalue weighted by molar-refractivity contribution is 7.22. The summed E-state index contributed by atoms with van der Waals surface area (Å²) >= 11 is 40.2. The van der Waals surface area contributed by atoms with Crippen molar-refractivity contribution in [1.82, 2.24) is 0 Å². The molecule has 0 radical (unpaired) electrons. The van der Waals surface area contributed by atoms with Gasteiger partial charge in [0.05, 0.1) is 20.1 Å². The largest absolute Gasteiger partial charge is 0.321 e. The van der Waals surface area contributed by atoms with E-state index < -0.39 is 0 Å². The normalized spacial score (nSPS) is 11.3. The van der Waals surface area contributed by atoms with Crippen LogP contribution in [-0.4, -0.2) is 11.8 Å². The number of carbonyl (C=O) groups is 2. The Morgan fingerprint density at radius 2 is 0.909 bits per heavy atom. The summed E-state index contributed by atoms with van der Waals surface area (Å²) in [5.41, 5.74) is 3.53. The Morgan fingerprint density at radius 1 is 0.545 bits per heavy atom. The van der Waals surface area contributed by atoms with E-state index in [1.807, 2.05) is 48.5 Å². The minimum absolute atomic E-state index is 0.311. The van der Waals surface area contributed by atoms with E-state index in [4.69, 9.17) is 69.6 Å². The van der Waals surface area contributed by atoms with Gasteiger partial charge in [0.1, 0.15) is 9.75 Å². The van der Waals surface area contributed by atoms with Crippen LogP contribution in [0.4, 0.5) is 11.4 Å². The van der Waals surface area contributed by atoms with Crippen molar-refractivity contribution >= 4 is 136 Å². The van der Waals surface area contributed by atoms with Gasteiger partial charge in [0.2, 0.25) is 0 Å². The number of anilines is 2. The number of benzene rings is 4. The fourth-order valence-corrected chi connectivity index (χ4v) is 9.24. The van der Waals surface area contributed by atoms with Gasteiger partial charge in [-0.2, -0.15) is 0 Å². The van der Waals surface area contributed by atoms with Gasteiger partial charge < -0.3 is 10.6 Å². The van der Waals surface area contributed by atoms with E-state index in [0.29, 0.717) is 62.0 Å². The van der Waals surface area contributed by atoms with Gasteiger partial charge in [0.25, 0.3) is 11.8 Å². The zero-order valence-electron chi connectivity index (χ0n) is 22.2. The molecule has 0 unspecified atom stereocenters. The van der Waals surface area contributed by atoms with Gasteiger partial charge in [0, 0.05) is 41.6 Å². The van der Waals surface area contributed by atoms with E-state index in [-0.39, 0.29) is 11.8 Å². The maximum Gasteiger partial charge on any atom is 0.267 e. The molecule has 12 heteroatoms. The fourth-order valence-electron chi connectivity index (χ4n) is 4.69. The highest BCUT2D eigenvalue weighted by atomic mass is 35.5. The highest BCUT2D eigenvalue weighted by Crippen LogP contribution is 2.42. The first-order valence-electron chi connectivity index (χ1n) is 13.0. The van der Waals surface area contributed by atoms with Crippen molar-refractivity contribution in [2.45, 2.75) is 12.8 Å². The number of carbonyl (C=O) groups excluding carboxylic acids is 2. The van der Waals surface area contributed by atoms with Crippen LogP contribution < -0.4 is 10.6 Å². The van der Waals surface area contributed by atoms with Gasteiger partial charge in [0.15, 0.2) is 0 Å². The van der Waals surface area contributed by atoms with Gasteiger partial charge in [-0.25, -0.2) is 0 Å². The lowest BCUT2D eigenvalue weighted by molar-refractivity contribution is 0.102. The Bertz CT molecular complexity index is 1920. The quantitative estimate of drug-likeness (QED) is 0.171. The topological polar surface area (TPSA) is 58.2 Å². The minimum atomic E-state index is -0.314. The summed E-state index contributed by atoms with van der Waals surface area (Å²) in [6.45, 7) is 0. The molecule has 0 aliphatic carbocycles. The van der Waals surface area contributed by atoms with E-state index in [9.17, 15) is 9.59 Å². The summed E-state index contributed by atoms with van der Waals surface area (Å²) in [6, 6.07) is 22.0. The molecule has 0 saturated heterocycles. The number of hydrogen-bond donors (Lipinski definition) is 2. The van der Waals surface area contributed by atoms with Crippen LogP contribution in [0.3, 0.4) is 0 Å². The third kappa shape index (κ3) is 6.55. The molecule has 0 saturated carbocycles. The molecule has 0 atom stereocenters. The van der Waals surface area contributed by atoms with Crippen LogP contribution in [0.5, 0.6) is 0 Å². The van der Waals surface area contributed by atoms with Crippen LogP contribution in [0.2, 0.25) is 30.1 Å². The van der Waals surface area contributed by atoms with Crippen molar-refractivity contribution in [3.63, 3.8) is 0 Å². The Hall–Kier alpha value is -2.52. The summed E-state index contributed by atoms with van der Waals surface area (Å²) in [4.78, 5) is 26.6. The number of thiophene rings is 2. The molecular formula is C32H18Cl6N2O2S2. The van der Waals surface area contributed by atoms with Crippen LogP contribution in [0.25, 0.3) is 20.2 Å². The predicted molar refractivity (Wildman–Crippen MR) is 190 cm³/mol. The summed E-state index contributed by atoms with van der Waals surface area (Å²) in [6.07, 6.45) is 1.59. The van der Waals surface area contributed by atoms with E-state index in [0.717, 1.165) is 33.4 Å². The number of hydrogen-bond acceptors (Lipinski definition) is 4. The van der Waals surface area contributed by atoms with Crippen LogP contribution in [0.15, 0.2) is 72.8 Å². The maximum atomic E-state index is 13.0. The molecule has 0 aliphatic rings. The minimum Gasteiger partial charge on any atom is -0.321 e. The molecule has 6 rings (SSSR count). The summed E-state index contributed by atoms with van der Waals surface area (Å²) in [7, 11) is 0. The summed E-state index contributed by atoms with van der Waals surface area (Å²) in [5.74, 6) is -0.628. The third-order valence-electron chi connectivity index (χ3n) is 6.84. The standard InChI is InChI=1S/C32H18Cl6N2O2S2/c33-17-11-21(35)25-23(13-17)43-29(27(25)37)31(41)39-19-7-3-15(4-8-19)1-2-16-5-9-20(10-6-16)40-32(42)30-28(38)26-22(36)12-18(34)14-24(26)44-30/h3-14H,1-2H2,(H,39,41)(H,40,42). The molecule has 222 valence electrons. The zero-order valence-corrected chi connectivity index (χ0v) is 28.4. The van der Waals surface area contributed by atoms with E-state index in [2.05, 4.69) is 10.6 Å². The van der Waals surface area contributed by atoms with Gasteiger partial charge in [-0.1, -0.05) is 93.9 Å². The van der Waals surface area contributed by atoms with Crippen molar-refractivity contribution in [3.05, 3.63) is 124 Å². The van der Waals surface area contributed by atoms with Gasteiger partial charge >= 0.3 is 0 Å². The predicted octanol–water partition coefficient (Wildman–Crippen LogP) is 12.3. The summed E-state index contributed by atoms with van der Waals surface area (Å²) in [5, 5.41) is 9.45. The molecule has 44 heavy (non-hydrogen) atoms. The Balaban J connectivity index is 1.05. The van der Waals surface area contributed by atoms with Crippen molar-refractivity contribution in [2.75, 3.05) is 10.6 Å². The second kappa shape index (κ2) is 13.1. The number of rotatable bonds is 7. The van der Waals surface area contributed by atoms with Crippen molar-refractivity contribution in [2.24, 2.45) is 0 Å².